The minimum Gasteiger partial charge on any atom is -0.383 e. The van der Waals surface area contributed by atoms with Crippen LogP contribution in [0.3, 0.4) is 0 Å². The van der Waals surface area contributed by atoms with Crippen molar-refractivity contribution in [2.24, 2.45) is 5.92 Å². The van der Waals surface area contributed by atoms with Gasteiger partial charge in [0.1, 0.15) is 18.1 Å². The van der Waals surface area contributed by atoms with Gasteiger partial charge in [-0.15, -0.1) is 0 Å². The Labute approximate surface area is 167 Å². The van der Waals surface area contributed by atoms with Crippen molar-refractivity contribution in [1.29, 1.82) is 0 Å². The minimum atomic E-state index is -3.59. The lowest BCUT2D eigenvalue weighted by Crippen LogP contribution is -2.51. The SMILES string of the molecule is [2H]C([2H])([2H])N1C(=O)[C@@]([2H])(NC(=O)[C@]([2H])(C)NC(=O)[C@@]([2H])(O)C(C)C)c2ccccc2C([2H])([2H])C1([2H])[2H]. The molecule has 1 aliphatic rings. The first-order valence-corrected chi connectivity index (χ1v) is 7.78. The molecule has 26 heavy (non-hydrogen) atoms. The van der Waals surface area contributed by atoms with Gasteiger partial charge in [0.2, 0.25) is 17.7 Å². The van der Waals surface area contributed by atoms with Crippen LogP contribution >= 0.6 is 0 Å². The summed E-state index contributed by atoms with van der Waals surface area (Å²) in [5.41, 5.74) is -1.19. The zero-order valence-electron chi connectivity index (χ0n) is 24.5. The quantitative estimate of drug-likeness (QED) is 0.697. The number of amides is 3. The average molecular weight is 372 g/mol. The molecule has 0 unspecified atom stereocenters. The molecule has 1 aromatic carbocycles. The van der Waals surface area contributed by atoms with E-state index in [1.807, 2.05) is 10.6 Å². The van der Waals surface area contributed by atoms with Crippen LogP contribution in [0.1, 0.15) is 51.6 Å². The average Bonchev–Trinajstić information content (AvgIpc) is 2.74. The van der Waals surface area contributed by atoms with Crippen molar-refractivity contribution in [2.75, 3.05) is 13.5 Å². The van der Waals surface area contributed by atoms with Crippen LogP contribution < -0.4 is 10.6 Å². The third kappa shape index (κ3) is 4.40. The predicted octanol–water partition coefficient (Wildman–Crippen LogP) is 0.380. The van der Waals surface area contributed by atoms with E-state index in [2.05, 4.69) is 0 Å². The molecule has 3 N–H and O–H groups in total. The molecule has 0 spiro atoms. The number of aryl methyl sites for hydroxylation is 1. The highest BCUT2D eigenvalue weighted by Crippen LogP contribution is 2.24. The molecule has 0 saturated carbocycles. The van der Waals surface area contributed by atoms with E-state index in [4.69, 9.17) is 13.7 Å². The second kappa shape index (κ2) is 8.31. The normalized spacial score (nSPS) is 34.7. The van der Waals surface area contributed by atoms with E-state index < -0.39 is 77.6 Å². The van der Waals surface area contributed by atoms with Crippen LogP contribution in [0.4, 0.5) is 0 Å². The smallest absolute Gasteiger partial charge is 0.249 e. The molecule has 0 saturated heterocycles. The molecule has 1 aliphatic heterocycles. The van der Waals surface area contributed by atoms with Gasteiger partial charge in [-0.3, -0.25) is 14.4 Å². The lowest BCUT2D eigenvalue weighted by atomic mass is 9.99. The number of nitrogens with zero attached hydrogens (tertiary/aromatic N) is 1. The fourth-order valence-electron chi connectivity index (χ4n) is 2.09. The molecule has 0 aliphatic carbocycles. The van der Waals surface area contributed by atoms with E-state index in [1.165, 1.54) is 26.0 Å². The number of benzene rings is 1. The Morgan fingerprint density at radius 1 is 1.38 bits per heavy atom. The van der Waals surface area contributed by atoms with Gasteiger partial charge in [0.15, 0.2) is 0 Å². The summed E-state index contributed by atoms with van der Waals surface area (Å²) in [6.07, 6.45) is -5.91. The molecule has 0 fully saturated rings. The molecule has 3 amide bonds. The maximum absolute atomic E-state index is 13.5. The van der Waals surface area contributed by atoms with Crippen molar-refractivity contribution >= 4 is 17.7 Å². The van der Waals surface area contributed by atoms with Crippen molar-refractivity contribution < 1.29 is 33.2 Å². The molecule has 1 aromatic rings. The van der Waals surface area contributed by atoms with Crippen LogP contribution in [0.25, 0.3) is 0 Å². The fraction of sp³-hybridized carbons (Fsp3) is 0.526. The van der Waals surface area contributed by atoms with Gasteiger partial charge >= 0.3 is 0 Å². The molecule has 0 aromatic heterocycles. The van der Waals surface area contributed by atoms with Crippen molar-refractivity contribution in [3.8, 4) is 0 Å². The fourth-order valence-corrected chi connectivity index (χ4v) is 2.09. The van der Waals surface area contributed by atoms with E-state index in [-0.39, 0.29) is 0 Å². The number of likely N-dealkylation sites (N-methyl/N-ethyl adjacent to an activating group) is 1. The van der Waals surface area contributed by atoms with Crippen molar-refractivity contribution in [1.82, 2.24) is 15.5 Å². The monoisotopic (exact) mass is 371 g/mol. The van der Waals surface area contributed by atoms with E-state index >= 15 is 0 Å². The lowest BCUT2D eigenvalue weighted by Gasteiger charge is -2.24. The molecule has 7 heteroatoms. The maximum atomic E-state index is 13.5. The highest BCUT2D eigenvalue weighted by Gasteiger charge is 2.32. The number of hydrogen-bond donors (Lipinski definition) is 3. The number of fused-ring (bicyclic) bond motifs is 1. The summed E-state index contributed by atoms with van der Waals surface area (Å²) in [6.45, 7) is -3.63. The zero-order chi connectivity index (χ0) is 28.3. The van der Waals surface area contributed by atoms with Gasteiger partial charge in [-0.05, 0) is 30.3 Å². The molecule has 0 bridgehead atoms. The van der Waals surface area contributed by atoms with Crippen molar-refractivity contribution in [2.45, 2.75) is 45.3 Å². The molecular weight excluding hydrogens is 334 g/mol. The number of aliphatic hydroxyl groups is 1. The second-order valence-electron chi connectivity index (χ2n) is 5.87. The Balaban J connectivity index is 2.67. The second-order valence-corrected chi connectivity index (χ2v) is 5.87. The number of carbonyl (C=O) groups excluding carboxylic acids is 3. The Morgan fingerprint density at radius 2 is 2.08 bits per heavy atom. The Hall–Kier alpha value is -2.41. The molecule has 0 radical (unpaired) electrons. The van der Waals surface area contributed by atoms with Gasteiger partial charge in [-0.1, -0.05) is 38.1 Å². The number of hydrogen-bond acceptors (Lipinski definition) is 4. The van der Waals surface area contributed by atoms with Gasteiger partial charge in [0.05, 0.1) is 4.11 Å². The van der Waals surface area contributed by atoms with Crippen LogP contribution in [0.15, 0.2) is 24.3 Å². The number of rotatable bonds is 5. The third-order valence-corrected chi connectivity index (χ3v) is 3.58. The minimum absolute atomic E-state index is 0.436. The first kappa shape index (κ1) is 10.1. The third-order valence-electron chi connectivity index (χ3n) is 3.58. The van der Waals surface area contributed by atoms with Gasteiger partial charge < -0.3 is 20.6 Å². The van der Waals surface area contributed by atoms with Crippen LogP contribution in [0, 0.1) is 5.92 Å². The van der Waals surface area contributed by atoms with Crippen LogP contribution in [0.5, 0.6) is 0 Å². The largest absolute Gasteiger partial charge is 0.383 e. The van der Waals surface area contributed by atoms with Crippen LogP contribution in [0.2, 0.25) is 0 Å². The number of nitrogens with one attached hydrogen (secondary N) is 2. The summed E-state index contributed by atoms with van der Waals surface area (Å²) >= 11 is 0. The first-order valence-electron chi connectivity index (χ1n) is 12.8. The van der Waals surface area contributed by atoms with Gasteiger partial charge in [-0.2, -0.15) is 0 Å². The standard InChI is InChI=1S/C19H27N3O4/c1-11(2)16(23)18(25)20-12(3)17(24)21-15-14-8-6-5-7-13(14)9-10-22(4)19(15)26/h5-8,11-12,15-16,23H,9-10H2,1-4H3,(H,20,25)(H,21,24)/t12-,15-,16-/m0/s1/i4D3,9D2,10D2,12D,15D,16D. The Kier molecular flexibility index (Phi) is 3.22. The molecule has 7 nitrogen and oxygen atoms in total. The van der Waals surface area contributed by atoms with Crippen LogP contribution in [-0.2, 0) is 20.8 Å². The lowest BCUT2D eigenvalue weighted by molar-refractivity contribution is -0.137. The van der Waals surface area contributed by atoms with E-state index in [1.54, 1.807) is 0 Å². The molecular formula is C19H27N3O4. The highest BCUT2D eigenvalue weighted by molar-refractivity contribution is 5.93. The molecule has 2 rings (SSSR count). The summed E-state index contributed by atoms with van der Waals surface area (Å²) in [6, 6.07) is -1.29. The Morgan fingerprint density at radius 3 is 2.73 bits per heavy atom. The van der Waals surface area contributed by atoms with Gasteiger partial charge in [-0.25, -0.2) is 0 Å². The molecule has 3 atom stereocenters. The Bertz CT molecular complexity index is 1070. The van der Waals surface area contributed by atoms with E-state index in [0.29, 0.717) is 0 Å². The summed E-state index contributed by atoms with van der Waals surface area (Å²) in [5.74, 6) is -5.79. The summed E-state index contributed by atoms with van der Waals surface area (Å²) in [5, 5.41) is 13.7. The molecule has 142 valence electrons. The number of carbonyl (C=O) groups is 3. The van der Waals surface area contributed by atoms with Crippen molar-refractivity contribution in [3.63, 3.8) is 0 Å². The topological polar surface area (TPSA) is 98.7 Å². The highest BCUT2D eigenvalue weighted by atomic mass is 16.3. The van der Waals surface area contributed by atoms with Crippen molar-refractivity contribution in [3.05, 3.63) is 35.4 Å². The maximum Gasteiger partial charge on any atom is 0.249 e. The predicted molar refractivity (Wildman–Crippen MR) is 97.1 cm³/mol. The molecule has 1 heterocycles. The van der Waals surface area contributed by atoms with Gasteiger partial charge in [0, 0.05) is 23.1 Å². The summed E-state index contributed by atoms with van der Waals surface area (Å²) < 4.78 is 80.9. The summed E-state index contributed by atoms with van der Waals surface area (Å²) in [4.78, 5) is 38.4. The first-order chi connectivity index (χ1) is 16.0. The van der Waals surface area contributed by atoms with Gasteiger partial charge in [0.25, 0.3) is 0 Å². The summed E-state index contributed by atoms with van der Waals surface area (Å²) in [7, 11) is 0. The zero-order valence-corrected chi connectivity index (χ0v) is 14.5. The van der Waals surface area contributed by atoms with E-state index in [9.17, 15) is 19.5 Å². The van der Waals surface area contributed by atoms with Crippen LogP contribution in [-0.4, -0.2) is 53.3 Å². The van der Waals surface area contributed by atoms with E-state index in [0.717, 1.165) is 19.1 Å².